The quantitative estimate of drug-likeness (QED) is 0.277. The van der Waals surface area contributed by atoms with Gasteiger partial charge in [0.15, 0.2) is 0 Å². The molecule has 0 saturated carbocycles. The Labute approximate surface area is 47.9 Å². The summed E-state index contributed by atoms with van der Waals surface area (Å²) < 4.78 is 0.660. The van der Waals surface area contributed by atoms with Crippen molar-refractivity contribution in [2.45, 2.75) is 0 Å². The number of hydrogen-bond donors (Lipinski definition) is 0. The van der Waals surface area contributed by atoms with Gasteiger partial charge in [0.1, 0.15) is 0 Å². The summed E-state index contributed by atoms with van der Waals surface area (Å²) >= 11 is 0. The van der Waals surface area contributed by atoms with Crippen LogP contribution in [0.2, 0.25) is 0 Å². The molecule has 1 saturated heterocycles. The van der Waals surface area contributed by atoms with Crippen molar-refractivity contribution in [3.8, 4) is 0 Å². The Morgan fingerprint density at radius 1 is 1.71 bits per heavy atom. The van der Waals surface area contributed by atoms with Gasteiger partial charge in [-0.15, -0.1) is 0 Å². The van der Waals surface area contributed by atoms with Gasteiger partial charge < -0.3 is 0 Å². The Kier molecular flexibility index (Phi) is 1.34. The maximum absolute atomic E-state index is 10.2. The van der Waals surface area contributed by atoms with E-state index in [-0.39, 0.29) is 11.7 Å². The normalized spacial score (nSPS) is 21.1. The Balaban J connectivity index is 2.55. The van der Waals surface area contributed by atoms with Crippen LogP contribution in [-0.2, 0) is 4.79 Å². The second kappa shape index (κ2) is 1.83. The molecule has 1 aliphatic rings. The molecule has 7 heavy (non-hydrogen) atoms. The van der Waals surface area contributed by atoms with Crippen LogP contribution in [0.3, 0.4) is 0 Å². The minimum absolute atomic E-state index is 0.0370. The maximum atomic E-state index is 10.2. The zero-order valence-electron chi connectivity index (χ0n) is 3.29. The fraction of sp³-hybridized carbons (Fsp3) is 0.500. The van der Waals surface area contributed by atoms with E-state index in [0.717, 1.165) is 21.8 Å². The standard InChI is InChI=1S/C2H2NO2S2/c4-2-1-3(5)7-6-2/h1H2/q+1. The molecule has 38 valence electrons. The monoisotopic (exact) mass is 136 g/mol. The molecule has 0 aromatic carbocycles. The minimum atomic E-state index is -0.0556. The first-order chi connectivity index (χ1) is 3.29. The van der Waals surface area contributed by atoms with Gasteiger partial charge in [0.05, 0.1) is 15.0 Å². The number of rotatable bonds is 0. The van der Waals surface area contributed by atoms with Crippen LogP contribution in [0.4, 0.5) is 0 Å². The molecule has 1 aliphatic heterocycles. The Bertz CT molecular complexity index is 109. The highest BCUT2D eigenvalue weighted by Gasteiger charge is 2.29. The molecule has 1 heterocycles. The summed E-state index contributed by atoms with van der Waals surface area (Å²) in [5.74, 6) is 0. The van der Waals surface area contributed by atoms with Gasteiger partial charge in [-0.25, -0.2) is 0 Å². The first-order valence-electron chi connectivity index (χ1n) is 1.61. The lowest BCUT2D eigenvalue weighted by molar-refractivity contribution is -0.351. The predicted octanol–water partition coefficient (Wildman–Crippen LogP) is 0.602. The average molecular weight is 136 g/mol. The lowest BCUT2D eigenvalue weighted by atomic mass is 10.8. The molecule has 0 aromatic heterocycles. The Morgan fingerprint density at radius 2 is 2.43 bits per heavy atom. The molecule has 0 N–H and O–H groups in total. The summed E-state index contributed by atoms with van der Waals surface area (Å²) in [6.07, 6.45) is 0. The van der Waals surface area contributed by atoms with E-state index in [9.17, 15) is 9.70 Å². The van der Waals surface area contributed by atoms with Gasteiger partial charge in [-0.1, -0.05) is 0 Å². The van der Waals surface area contributed by atoms with Crippen molar-refractivity contribution in [2.75, 3.05) is 6.54 Å². The van der Waals surface area contributed by atoms with Crippen molar-refractivity contribution in [1.29, 1.82) is 0 Å². The molecule has 5 heteroatoms. The molecular formula is C2H2NO2S2+. The van der Waals surface area contributed by atoms with Crippen LogP contribution >= 0.6 is 21.8 Å². The summed E-state index contributed by atoms with van der Waals surface area (Å²) in [5.41, 5.74) is 0. The van der Waals surface area contributed by atoms with Crippen molar-refractivity contribution < 1.29 is 8.96 Å². The number of nitroso groups, excluding NO2 is 1. The topological polar surface area (TPSA) is 37.1 Å². The van der Waals surface area contributed by atoms with Gasteiger partial charge in [-0.3, -0.25) is 4.79 Å². The fourth-order valence-corrected chi connectivity index (χ4v) is 1.64. The van der Waals surface area contributed by atoms with Crippen LogP contribution in [0.5, 0.6) is 0 Å². The Hall–Kier alpha value is -0.0300. The number of nitrogens with zero attached hydrogens (tertiary/aromatic N) is 1. The highest BCUT2D eigenvalue weighted by atomic mass is 33.1. The van der Waals surface area contributed by atoms with Crippen molar-refractivity contribution in [1.82, 2.24) is 0 Å². The molecule has 1 fully saturated rings. The summed E-state index contributed by atoms with van der Waals surface area (Å²) in [6, 6.07) is 0. The van der Waals surface area contributed by atoms with Crippen LogP contribution in [-0.4, -0.2) is 15.8 Å². The van der Waals surface area contributed by atoms with E-state index < -0.39 is 0 Å². The molecule has 0 atom stereocenters. The maximum Gasteiger partial charge on any atom is 0.293 e. The summed E-state index contributed by atoms with van der Waals surface area (Å²) in [4.78, 5) is 20.2. The third-order valence-electron chi connectivity index (χ3n) is 0.472. The summed E-state index contributed by atoms with van der Waals surface area (Å²) in [5, 5.41) is -0.0556. The fourth-order valence-electron chi connectivity index (χ4n) is 0.241. The van der Waals surface area contributed by atoms with Gasteiger partial charge in [0, 0.05) is 4.91 Å². The van der Waals surface area contributed by atoms with E-state index in [1.54, 1.807) is 0 Å². The zero-order valence-corrected chi connectivity index (χ0v) is 4.92. The highest BCUT2D eigenvalue weighted by Crippen LogP contribution is 2.29. The molecule has 1 rings (SSSR count). The van der Waals surface area contributed by atoms with Crippen LogP contribution in [0.1, 0.15) is 0 Å². The smallest absolute Gasteiger partial charge is 0.279 e. The number of hydrogen-bond acceptors (Lipinski definition) is 4. The van der Waals surface area contributed by atoms with Crippen molar-refractivity contribution in [3.63, 3.8) is 0 Å². The van der Waals surface area contributed by atoms with Crippen molar-refractivity contribution >= 4 is 26.9 Å². The van der Waals surface area contributed by atoms with Crippen LogP contribution in [0.15, 0.2) is 0 Å². The lowest BCUT2D eigenvalue weighted by Crippen LogP contribution is -1.97. The molecule has 0 aromatic rings. The highest BCUT2D eigenvalue weighted by molar-refractivity contribution is 8.80. The van der Waals surface area contributed by atoms with Gasteiger partial charge in [0.2, 0.25) is 0 Å². The molecule has 0 radical (unpaired) electrons. The second-order valence-corrected chi connectivity index (χ2v) is 3.15. The SMILES string of the molecule is O=C1C[N+](=O)SS1. The largest absolute Gasteiger partial charge is 0.293 e. The summed E-state index contributed by atoms with van der Waals surface area (Å²) in [6.45, 7) is 0.0370. The van der Waals surface area contributed by atoms with E-state index in [1.165, 1.54) is 0 Å². The predicted molar refractivity (Wildman–Crippen MR) is 28.7 cm³/mol. The van der Waals surface area contributed by atoms with Gasteiger partial charge in [-0.05, 0) is 0 Å². The third-order valence-corrected chi connectivity index (χ3v) is 2.44. The van der Waals surface area contributed by atoms with Gasteiger partial charge >= 0.3 is 0 Å². The second-order valence-electron chi connectivity index (χ2n) is 1.02. The third kappa shape index (κ3) is 1.17. The summed E-state index contributed by atoms with van der Waals surface area (Å²) in [7, 11) is 1.95. The lowest BCUT2D eigenvalue weighted by Gasteiger charge is -1.59. The zero-order chi connectivity index (χ0) is 5.28. The molecule has 3 nitrogen and oxygen atoms in total. The molecule has 0 aliphatic carbocycles. The molecule has 0 unspecified atom stereocenters. The van der Waals surface area contributed by atoms with Crippen molar-refractivity contribution in [3.05, 3.63) is 4.91 Å². The first kappa shape index (κ1) is 5.11. The number of carbonyl (C=O) groups is 1. The minimum Gasteiger partial charge on any atom is -0.279 e. The molecule has 0 bridgehead atoms. The molecule has 0 spiro atoms. The van der Waals surface area contributed by atoms with Crippen LogP contribution in [0.25, 0.3) is 0 Å². The molecule has 0 amide bonds. The number of carbonyl (C=O) groups excluding carboxylic acids is 1. The Morgan fingerprint density at radius 3 is 2.57 bits per heavy atom. The molecular weight excluding hydrogens is 134 g/mol. The first-order valence-corrected chi connectivity index (χ1v) is 3.72. The van der Waals surface area contributed by atoms with Crippen LogP contribution < -0.4 is 0 Å². The van der Waals surface area contributed by atoms with Gasteiger partial charge in [-0.2, -0.15) is 0 Å². The van der Waals surface area contributed by atoms with E-state index >= 15 is 0 Å². The van der Waals surface area contributed by atoms with E-state index in [1.807, 2.05) is 0 Å². The van der Waals surface area contributed by atoms with E-state index in [4.69, 9.17) is 0 Å². The van der Waals surface area contributed by atoms with Crippen molar-refractivity contribution in [2.24, 2.45) is 0 Å². The average Bonchev–Trinajstić information content (AvgIpc) is 1.87. The van der Waals surface area contributed by atoms with E-state index in [0.29, 0.717) is 4.17 Å². The van der Waals surface area contributed by atoms with Crippen LogP contribution in [0, 0.1) is 4.91 Å². The van der Waals surface area contributed by atoms with E-state index in [2.05, 4.69) is 0 Å². The van der Waals surface area contributed by atoms with Gasteiger partial charge in [0.25, 0.3) is 22.6 Å².